The van der Waals surface area contributed by atoms with Gasteiger partial charge in [0.05, 0.1) is 25.1 Å². The smallest absolute Gasteiger partial charge is 0.462 e. The van der Waals surface area contributed by atoms with Crippen molar-refractivity contribution in [2.45, 2.75) is 78.2 Å². The lowest BCUT2D eigenvalue weighted by molar-refractivity contribution is -0.274. The molecule has 3 atom stereocenters. The number of ether oxygens (including phenoxy) is 3. The number of alkyl halides is 3. The molecule has 0 aliphatic heterocycles. The number of carbonyl (C=O) groups is 1. The molecule has 41 heavy (non-hydrogen) atoms. The van der Waals surface area contributed by atoms with Crippen molar-refractivity contribution in [2.24, 2.45) is 0 Å². The van der Waals surface area contributed by atoms with E-state index in [1.807, 2.05) is 0 Å². The number of fused-ring (bicyclic) bond motifs is 1. The molecular weight excluding hydrogens is 566 g/mol. The van der Waals surface area contributed by atoms with E-state index >= 15 is 0 Å². The maximum absolute atomic E-state index is 14.2. The number of halogens is 3. The fourth-order valence-electron chi connectivity index (χ4n) is 3.90. The molecule has 0 bridgehead atoms. The van der Waals surface area contributed by atoms with Crippen molar-refractivity contribution in [1.82, 2.24) is 29.7 Å². The van der Waals surface area contributed by atoms with E-state index in [0.717, 1.165) is 12.1 Å². The monoisotopic (exact) mass is 601 g/mol. The number of anilines is 1. The molecule has 0 amide bonds. The molecule has 2 unspecified atom stereocenters. The van der Waals surface area contributed by atoms with Crippen LogP contribution in [-0.4, -0.2) is 55.9 Å². The van der Waals surface area contributed by atoms with Gasteiger partial charge in [-0.1, -0.05) is 12.1 Å². The van der Waals surface area contributed by atoms with Gasteiger partial charge in [-0.05, 0) is 59.2 Å². The van der Waals surface area contributed by atoms with Crippen LogP contribution < -0.4 is 20.6 Å². The molecule has 0 aliphatic carbocycles. The average Bonchev–Trinajstić information content (AvgIpc) is 3.25. The molecule has 16 heteroatoms. The summed E-state index contributed by atoms with van der Waals surface area (Å²) < 4.78 is 68.8. The number of hydrogen-bond donors (Lipinski definition) is 3. The first-order chi connectivity index (χ1) is 19.0. The highest BCUT2D eigenvalue weighted by molar-refractivity contribution is 7.59. The topological polar surface area (TPSA) is 156 Å². The quantitative estimate of drug-likeness (QED) is 0.187. The summed E-state index contributed by atoms with van der Waals surface area (Å²) in [6.07, 6.45) is -3.17. The Morgan fingerprint density at radius 2 is 1.76 bits per heavy atom. The summed E-state index contributed by atoms with van der Waals surface area (Å²) in [5.74, 6) is -0.766. The highest BCUT2D eigenvalue weighted by atomic mass is 31.2. The molecule has 226 valence electrons. The summed E-state index contributed by atoms with van der Waals surface area (Å²) in [7, 11) is -3.71. The van der Waals surface area contributed by atoms with Gasteiger partial charge in [-0.25, -0.2) is 25.1 Å². The predicted octanol–water partition coefficient (Wildman–Crippen LogP) is 4.53. The van der Waals surface area contributed by atoms with Crippen molar-refractivity contribution < 1.29 is 36.7 Å². The summed E-state index contributed by atoms with van der Waals surface area (Å²) in [6, 6.07) is 4.54. The Labute approximate surface area is 235 Å². The number of esters is 1. The molecule has 3 aromatic rings. The van der Waals surface area contributed by atoms with Crippen LogP contribution in [0, 0.1) is 0 Å². The molecule has 0 spiro atoms. The average molecular weight is 602 g/mol. The summed E-state index contributed by atoms with van der Waals surface area (Å²) in [5.41, 5.74) is 5.96. The van der Waals surface area contributed by atoms with Crippen LogP contribution in [0.3, 0.4) is 0 Å². The van der Waals surface area contributed by atoms with Gasteiger partial charge < -0.3 is 24.5 Å². The van der Waals surface area contributed by atoms with Crippen molar-refractivity contribution >= 4 is 30.4 Å². The van der Waals surface area contributed by atoms with E-state index in [1.165, 1.54) is 32.3 Å². The molecule has 1 aromatic carbocycles. The Kier molecular flexibility index (Phi) is 10.0. The van der Waals surface area contributed by atoms with E-state index in [9.17, 15) is 22.5 Å². The van der Waals surface area contributed by atoms with Crippen LogP contribution in [0.25, 0.3) is 11.2 Å². The van der Waals surface area contributed by atoms with Crippen LogP contribution in [0.1, 0.15) is 53.1 Å². The van der Waals surface area contributed by atoms with Crippen LogP contribution in [0.2, 0.25) is 0 Å². The maximum Gasteiger partial charge on any atom is 0.573 e. The van der Waals surface area contributed by atoms with E-state index in [1.54, 1.807) is 38.6 Å². The van der Waals surface area contributed by atoms with Crippen LogP contribution in [0.4, 0.5) is 19.0 Å². The van der Waals surface area contributed by atoms with Gasteiger partial charge in [0.25, 0.3) is 0 Å². The van der Waals surface area contributed by atoms with Crippen LogP contribution in [0.15, 0.2) is 36.9 Å². The Bertz CT molecular complexity index is 1380. The largest absolute Gasteiger partial charge is 0.573 e. The van der Waals surface area contributed by atoms with Gasteiger partial charge in [-0.15, -0.1) is 13.2 Å². The first-order valence-corrected chi connectivity index (χ1v) is 14.6. The highest BCUT2D eigenvalue weighted by Crippen LogP contribution is 2.42. The van der Waals surface area contributed by atoms with Gasteiger partial charge in [0.1, 0.15) is 29.5 Å². The number of nitrogen functional groups attached to an aromatic ring is 1. The third kappa shape index (κ3) is 9.12. The fraction of sp³-hybridized carbons (Fsp3) is 0.520. The first-order valence-electron chi connectivity index (χ1n) is 12.7. The van der Waals surface area contributed by atoms with Gasteiger partial charge >= 0.3 is 12.3 Å². The number of hydrogen-bond acceptors (Lipinski definition) is 9. The van der Waals surface area contributed by atoms with Gasteiger partial charge in [0.2, 0.25) is 7.44 Å². The number of nitrogens with two attached hydrogens (primary N) is 1. The Hall–Kier alpha value is -3.26. The molecular formula is C25H35F3N7O5P. The zero-order chi connectivity index (χ0) is 30.6. The van der Waals surface area contributed by atoms with Crippen molar-refractivity contribution in [2.75, 3.05) is 12.1 Å². The molecule has 0 saturated carbocycles. The molecule has 3 rings (SSSR count). The minimum absolute atomic E-state index is 0.239. The minimum Gasteiger partial charge on any atom is -0.462 e. The SMILES string of the molecule is CC(C)OC(=O)C(C)(C)NP(=O)(COC(C)Cn1cnc2c(N)ncnc21)N[C@H](C)c1ccc(OC(F)(F)F)cc1. The number of rotatable bonds is 13. The van der Waals surface area contributed by atoms with Gasteiger partial charge in [0.15, 0.2) is 11.5 Å². The van der Waals surface area contributed by atoms with Crippen molar-refractivity contribution in [3.05, 3.63) is 42.5 Å². The molecule has 2 aromatic heterocycles. The van der Waals surface area contributed by atoms with Crippen LogP contribution >= 0.6 is 7.44 Å². The van der Waals surface area contributed by atoms with Crippen LogP contribution in [0.5, 0.6) is 5.75 Å². The van der Waals surface area contributed by atoms with E-state index in [-0.39, 0.29) is 17.9 Å². The summed E-state index contributed by atoms with van der Waals surface area (Å²) in [5, 5.41) is 5.87. The van der Waals surface area contributed by atoms with Crippen molar-refractivity contribution in [3.8, 4) is 5.75 Å². The van der Waals surface area contributed by atoms with Crippen LogP contribution in [-0.2, 0) is 25.4 Å². The lowest BCUT2D eigenvalue weighted by atomic mass is 10.1. The van der Waals surface area contributed by atoms with Crippen molar-refractivity contribution in [1.29, 1.82) is 0 Å². The molecule has 0 aliphatic rings. The van der Waals surface area contributed by atoms with Gasteiger partial charge in [0, 0.05) is 6.04 Å². The number of aromatic nitrogens is 4. The normalized spacial score (nSPS) is 15.5. The summed E-state index contributed by atoms with van der Waals surface area (Å²) >= 11 is 0. The number of nitrogens with one attached hydrogen (secondary N) is 2. The summed E-state index contributed by atoms with van der Waals surface area (Å²) in [4.78, 5) is 25.1. The maximum atomic E-state index is 14.2. The fourth-order valence-corrected chi connectivity index (χ4v) is 6.34. The van der Waals surface area contributed by atoms with E-state index in [2.05, 4.69) is 29.9 Å². The zero-order valence-corrected chi connectivity index (χ0v) is 24.5. The molecule has 0 radical (unpaired) electrons. The van der Waals surface area contributed by atoms with E-state index in [4.69, 9.17) is 15.2 Å². The molecule has 2 heterocycles. The van der Waals surface area contributed by atoms with Gasteiger partial charge in [-0.3, -0.25) is 9.36 Å². The Balaban J connectivity index is 1.77. The van der Waals surface area contributed by atoms with Gasteiger partial charge in [-0.2, -0.15) is 0 Å². The highest BCUT2D eigenvalue weighted by Gasteiger charge is 2.39. The minimum atomic E-state index is -4.82. The standard InChI is InChI=1S/C25H35F3N7O5P/c1-15(2)39-23(36)24(5,6)34-41(37,33-17(4)18-7-9-19(10-8-18)40-25(26,27)28)14-38-16(3)11-35-13-32-20-21(29)30-12-31-22(20)35/h7-10,12-13,15-17H,11,14H2,1-6H3,(H2,29,30,31)(H2,33,34,37)/t16?,17-,41?/m1/s1. The predicted molar refractivity (Wildman–Crippen MR) is 146 cm³/mol. The first kappa shape index (κ1) is 32.3. The molecule has 4 N–H and O–H groups in total. The van der Waals surface area contributed by atoms with E-state index < -0.39 is 43.6 Å². The number of nitrogens with zero attached hydrogens (tertiary/aromatic N) is 4. The Morgan fingerprint density at radius 1 is 1.10 bits per heavy atom. The molecule has 12 nitrogen and oxygen atoms in total. The Morgan fingerprint density at radius 3 is 2.37 bits per heavy atom. The second-order valence-electron chi connectivity index (χ2n) is 10.3. The lowest BCUT2D eigenvalue weighted by Gasteiger charge is -2.33. The second-order valence-corrected chi connectivity index (χ2v) is 12.6. The third-order valence-corrected chi connectivity index (χ3v) is 7.99. The number of benzene rings is 1. The second kappa shape index (κ2) is 12.7. The van der Waals surface area contributed by atoms with E-state index in [0.29, 0.717) is 23.3 Å². The number of carbonyl (C=O) groups excluding carboxylic acids is 1. The third-order valence-electron chi connectivity index (χ3n) is 5.75. The number of imidazole rings is 1. The zero-order valence-electron chi connectivity index (χ0n) is 23.6. The van der Waals surface area contributed by atoms with Crippen molar-refractivity contribution in [3.63, 3.8) is 0 Å². The molecule has 0 fully saturated rings. The lowest BCUT2D eigenvalue weighted by Crippen LogP contribution is -2.49. The summed E-state index contributed by atoms with van der Waals surface area (Å²) in [6.45, 7) is 10.2. The molecule has 0 saturated heterocycles.